The largest absolute Gasteiger partial charge is 0.497 e. The maximum atomic E-state index is 8.74. The average Bonchev–Trinajstić information content (AvgIpc) is 2.80. The summed E-state index contributed by atoms with van der Waals surface area (Å²) in [5.74, 6) is 2.31. The normalized spacial score (nSPS) is 10.7. The molecule has 0 radical (unpaired) electrons. The number of hydrogen-bond acceptors (Lipinski definition) is 7. The Balaban J connectivity index is 1.78. The molecule has 8 heteroatoms. The van der Waals surface area contributed by atoms with Gasteiger partial charge in [-0.05, 0) is 72.8 Å². The first kappa shape index (κ1) is 22.8. The van der Waals surface area contributed by atoms with Crippen molar-refractivity contribution in [1.29, 1.82) is 0 Å². The van der Waals surface area contributed by atoms with Gasteiger partial charge in [0, 0.05) is 23.5 Å². The molecule has 0 heterocycles. The fourth-order valence-corrected chi connectivity index (χ4v) is 3.29. The molecule has 0 aliphatic heterocycles. The third kappa shape index (κ3) is 6.57. The Hall–Kier alpha value is -2.83. The first-order valence-electron chi connectivity index (χ1n) is 9.72. The highest BCUT2D eigenvalue weighted by Crippen LogP contribution is 2.36. The first-order valence-corrected chi connectivity index (χ1v) is 10.9. The molecule has 0 bridgehead atoms. The van der Waals surface area contributed by atoms with Crippen LogP contribution in [0.3, 0.4) is 0 Å². The van der Waals surface area contributed by atoms with E-state index in [9.17, 15) is 0 Å². The van der Waals surface area contributed by atoms with E-state index in [-0.39, 0.29) is 6.61 Å². The van der Waals surface area contributed by atoms with Crippen LogP contribution < -0.4 is 19.1 Å². The van der Waals surface area contributed by atoms with Gasteiger partial charge < -0.3 is 33.4 Å². The zero-order valence-electron chi connectivity index (χ0n) is 17.5. The van der Waals surface area contributed by atoms with Crippen molar-refractivity contribution in [2.75, 3.05) is 32.3 Å². The van der Waals surface area contributed by atoms with Crippen LogP contribution in [0.25, 0.3) is 0 Å². The molecule has 0 atom stereocenters. The maximum absolute atomic E-state index is 8.74. The summed E-state index contributed by atoms with van der Waals surface area (Å²) < 4.78 is 21.0. The molecule has 3 aromatic rings. The molecule has 0 spiro atoms. The van der Waals surface area contributed by atoms with E-state index in [0.717, 1.165) is 34.3 Å². The van der Waals surface area contributed by atoms with E-state index in [0.29, 0.717) is 13.0 Å². The van der Waals surface area contributed by atoms with Crippen molar-refractivity contribution in [3.63, 3.8) is 0 Å². The van der Waals surface area contributed by atoms with Gasteiger partial charge >= 0.3 is 8.60 Å². The number of ether oxygens (including phenoxy) is 3. The molecule has 0 unspecified atom stereocenters. The molecule has 0 amide bonds. The van der Waals surface area contributed by atoms with Crippen LogP contribution >= 0.6 is 8.60 Å². The van der Waals surface area contributed by atoms with Crippen molar-refractivity contribution < 1.29 is 28.5 Å². The second kappa shape index (κ2) is 11.5. The smallest absolute Gasteiger partial charge is 0.327 e. The Kier molecular flexibility index (Phi) is 8.50. The van der Waals surface area contributed by atoms with Crippen molar-refractivity contribution >= 4 is 25.7 Å². The molecule has 31 heavy (non-hydrogen) atoms. The van der Waals surface area contributed by atoms with Gasteiger partial charge in [-0.1, -0.05) is 0 Å². The number of anilines is 3. The van der Waals surface area contributed by atoms with Crippen LogP contribution in [0.2, 0.25) is 0 Å². The molecule has 0 saturated carbocycles. The predicted octanol–water partition coefficient (Wildman–Crippen LogP) is 5.17. The Morgan fingerprint density at radius 1 is 0.645 bits per heavy atom. The second-order valence-corrected chi connectivity index (χ2v) is 7.28. The Morgan fingerprint density at radius 2 is 1.06 bits per heavy atom. The van der Waals surface area contributed by atoms with Crippen LogP contribution in [0.5, 0.6) is 17.2 Å². The Morgan fingerprint density at radius 3 is 1.45 bits per heavy atom. The summed E-state index contributed by atoms with van der Waals surface area (Å²) >= 11 is 0. The number of hydrogen-bond donors (Lipinski definition) is 2. The third-order valence-electron chi connectivity index (χ3n) is 4.52. The van der Waals surface area contributed by atoms with Gasteiger partial charge in [0.2, 0.25) is 0 Å². The summed E-state index contributed by atoms with van der Waals surface area (Å²) in [6.45, 7) is 0.655. The quantitative estimate of drug-likeness (QED) is 0.313. The van der Waals surface area contributed by atoms with Crippen LogP contribution in [0, 0.1) is 0 Å². The number of rotatable bonds is 11. The van der Waals surface area contributed by atoms with Crippen molar-refractivity contribution in [2.45, 2.75) is 6.42 Å². The minimum absolute atomic E-state index is 0.236. The maximum Gasteiger partial charge on any atom is 0.327 e. The van der Waals surface area contributed by atoms with E-state index in [2.05, 4.69) is 4.90 Å². The zero-order valence-corrected chi connectivity index (χ0v) is 18.4. The number of nitrogens with zero attached hydrogens (tertiary/aromatic N) is 1. The summed E-state index contributed by atoms with van der Waals surface area (Å²) in [5, 5.41) is 0. The van der Waals surface area contributed by atoms with Crippen molar-refractivity contribution in [1.82, 2.24) is 0 Å². The standard InChI is InChI=1S/C23H26NO6P/c1-27-21-10-4-18(5-11-21)24(19-6-12-22(28-2)13-7-19)20-8-14-23(15-9-20)29-16-3-17-30-31(25)26/h4-15,25-26H,3,16-17H2,1-2H3. The van der Waals surface area contributed by atoms with Gasteiger partial charge in [-0.3, -0.25) is 0 Å². The van der Waals surface area contributed by atoms with E-state index in [1.807, 2.05) is 72.8 Å². The van der Waals surface area contributed by atoms with Crippen LogP contribution in [-0.2, 0) is 4.52 Å². The molecule has 0 fully saturated rings. The monoisotopic (exact) mass is 443 g/mol. The molecule has 3 aromatic carbocycles. The third-order valence-corrected chi connectivity index (χ3v) is 4.93. The van der Waals surface area contributed by atoms with Crippen LogP contribution in [0.4, 0.5) is 17.1 Å². The molecular weight excluding hydrogens is 417 g/mol. The highest BCUT2D eigenvalue weighted by molar-refractivity contribution is 7.39. The molecule has 0 aromatic heterocycles. The van der Waals surface area contributed by atoms with Gasteiger partial charge in [0.1, 0.15) is 17.2 Å². The predicted molar refractivity (Wildman–Crippen MR) is 122 cm³/mol. The molecule has 0 saturated heterocycles. The SMILES string of the molecule is COc1ccc(N(c2ccc(OC)cc2)c2ccc(OCCCOP(O)O)cc2)cc1. The lowest BCUT2D eigenvalue weighted by molar-refractivity contribution is 0.220. The lowest BCUT2D eigenvalue weighted by Gasteiger charge is -2.26. The number of benzene rings is 3. The lowest BCUT2D eigenvalue weighted by Crippen LogP contribution is -2.10. The van der Waals surface area contributed by atoms with Gasteiger partial charge in [-0.2, -0.15) is 0 Å². The fraction of sp³-hybridized carbons (Fsp3) is 0.217. The van der Waals surface area contributed by atoms with E-state index in [1.165, 1.54) is 0 Å². The minimum Gasteiger partial charge on any atom is -0.497 e. The van der Waals surface area contributed by atoms with Crippen LogP contribution in [-0.4, -0.2) is 37.2 Å². The Labute approximate surface area is 183 Å². The molecule has 0 aliphatic rings. The van der Waals surface area contributed by atoms with E-state index in [1.54, 1.807) is 14.2 Å². The second-order valence-electron chi connectivity index (χ2n) is 6.51. The van der Waals surface area contributed by atoms with E-state index >= 15 is 0 Å². The van der Waals surface area contributed by atoms with Gasteiger partial charge in [-0.25, -0.2) is 0 Å². The fourth-order valence-electron chi connectivity index (χ4n) is 3.00. The highest BCUT2D eigenvalue weighted by atomic mass is 31.2. The summed E-state index contributed by atoms with van der Waals surface area (Å²) in [6, 6.07) is 23.5. The molecule has 3 rings (SSSR count). The van der Waals surface area contributed by atoms with Gasteiger partial charge in [0.05, 0.1) is 27.4 Å². The number of methoxy groups -OCH3 is 2. The summed E-state index contributed by atoms with van der Waals surface area (Å²) in [4.78, 5) is 19.6. The molecule has 2 N–H and O–H groups in total. The van der Waals surface area contributed by atoms with E-state index < -0.39 is 8.60 Å². The highest BCUT2D eigenvalue weighted by Gasteiger charge is 2.13. The van der Waals surface area contributed by atoms with Crippen LogP contribution in [0.15, 0.2) is 72.8 Å². The molecular formula is C23H26NO6P. The first-order chi connectivity index (χ1) is 15.1. The summed E-state index contributed by atoms with van der Waals surface area (Å²) in [6.07, 6.45) is 0.561. The van der Waals surface area contributed by atoms with Gasteiger partial charge in [0.25, 0.3) is 0 Å². The minimum atomic E-state index is -2.31. The molecule has 7 nitrogen and oxygen atoms in total. The Bertz CT molecular complexity index is 869. The molecule has 164 valence electrons. The van der Waals surface area contributed by atoms with Crippen molar-refractivity contribution in [3.05, 3.63) is 72.8 Å². The molecule has 0 aliphatic carbocycles. The van der Waals surface area contributed by atoms with Gasteiger partial charge in [-0.15, -0.1) is 0 Å². The summed E-state index contributed by atoms with van der Waals surface area (Å²) in [5.41, 5.74) is 2.94. The topological polar surface area (TPSA) is 80.6 Å². The van der Waals surface area contributed by atoms with Crippen LogP contribution in [0.1, 0.15) is 6.42 Å². The van der Waals surface area contributed by atoms with Gasteiger partial charge in [0.15, 0.2) is 0 Å². The lowest BCUT2D eigenvalue weighted by atomic mass is 10.2. The van der Waals surface area contributed by atoms with Crippen molar-refractivity contribution in [3.8, 4) is 17.2 Å². The average molecular weight is 443 g/mol. The van der Waals surface area contributed by atoms with Crippen molar-refractivity contribution in [2.24, 2.45) is 0 Å². The zero-order chi connectivity index (χ0) is 22.1. The van der Waals surface area contributed by atoms with E-state index in [4.69, 9.17) is 28.5 Å². The summed E-state index contributed by atoms with van der Waals surface area (Å²) in [7, 11) is 0.983.